The van der Waals surface area contributed by atoms with E-state index in [-0.39, 0.29) is 29.7 Å². The first-order valence-corrected chi connectivity index (χ1v) is 7.11. The first kappa shape index (κ1) is 16.8. The second-order valence-electron chi connectivity index (χ2n) is 5.19. The quantitative estimate of drug-likeness (QED) is 0.580. The number of pyridine rings is 1. The van der Waals surface area contributed by atoms with Crippen LogP contribution in [0.15, 0.2) is 12.3 Å². The van der Waals surface area contributed by atoms with E-state index in [1.54, 1.807) is 16.7 Å². The molecule has 0 atom stereocenters. The molecule has 0 aromatic carbocycles. The topological polar surface area (TPSA) is 106 Å². The molecule has 0 bridgehead atoms. The van der Waals surface area contributed by atoms with Crippen LogP contribution < -0.4 is 0 Å². The fourth-order valence-electron chi connectivity index (χ4n) is 2.38. The molecule has 23 heavy (non-hydrogen) atoms. The van der Waals surface area contributed by atoms with Gasteiger partial charge in [-0.2, -0.15) is 0 Å². The molecule has 1 saturated heterocycles. The van der Waals surface area contributed by atoms with Crippen molar-refractivity contribution in [2.24, 2.45) is 0 Å². The third kappa shape index (κ3) is 3.81. The van der Waals surface area contributed by atoms with Crippen LogP contribution in [0.2, 0.25) is 0 Å². The molecule has 1 fully saturated rings. The molecular formula is C14H18N4O5. The smallest absolute Gasteiger partial charge is 0.288 e. The fourth-order valence-corrected chi connectivity index (χ4v) is 2.38. The Morgan fingerprint density at radius 2 is 1.91 bits per heavy atom. The zero-order valence-corrected chi connectivity index (χ0v) is 13.0. The van der Waals surface area contributed by atoms with Crippen molar-refractivity contribution in [3.8, 4) is 0 Å². The van der Waals surface area contributed by atoms with E-state index in [1.165, 1.54) is 13.2 Å². The highest BCUT2D eigenvalue weighted by molar-refractivity contribution is 5.96. The normalized spacial score (nSPS) is 14.7. The summed E-state index contributed by atoms with van der Waals surface area (Å²) >= 11 is 0. The first-order valence-electron chi connectivity index (χ1n) is 7.11. The Labute approximate surface area is 133 Å². The van der Waals surface area contributed by atoms with E-state index in [1.807, 2.05) is 0 Å². The van der Waals surface area contributed by atoms with Gasteiger partial charge in [-0.3, -0.25) is 24.7 Å². The Balaban J connectivity index is 2.07. The first-order chi connectivity index (χ1) is 10.9. The highest BCUT2D eigenvalue weighted by atomic mass is 16.6. The predicted molar refractivity (Wildman–Crippen MR) is 80.0 cm³/mol. The minimum absolute atomic E-state index is 0.0157. The maximum Gasteiger partial charge on any atom is 0.288 e. The molecule has 0 aliphatic carbocycles. The number of carbonyl (C=O) groups excluding carboxylic acids is 2. The van der Waals surface area contributed by atoms with Crippen LogP contribution >= 0.6 is 0 Å². The summed E-state index contributed by atoms with van der Waals surface area (Å²) in [6, 6.07) is 1.24. The minimum atomic E-state index is -0.579. The zero-order valence-electron chi connectivity index (χ0n) is 13.0. The summed E-state index contributed by atoms with van der Waals surface area (Å²) in [5.74, 6) is -0.426. The van der Waals surface area contributed by atoms with Gasteiger partial charge in [0.1, 0.15) is 12.8 Å². The molecular weight excluding hydrogens is 304 g/mol. The van der Waals surface area contributed by atoms with Crippen LogP contribution in [0, 0.1) is 17.0 Å². The van der Waals surface area contributed by atoms with Crippen LogP contribution in [0.4, 0.5) is 5.69 Å². The van der Waals surface area contributed by atoms with Gasteiger partial charge >= 0.3 is 0 Å². The van der Waals surface area contributed by atoms with Crippen molar-refractivity contribution < 1.29 is 19.2 Å². The minimum Gasteiger partial charge on any atom is -0.375 e. The number of nitro groups is 1. The second-order valence-corrected chi connectivity index (χ2v) is 5.19. The van der Waals surface area contributed by atoms with Crippen molar-refractivity contribution in [3.05, 3.63) is 33.6 Å². The molecule has 1 aliphatic rings. The molecule has 2 rings (SSSR count). The van der Waals surface area contributed by atoms with Gasteiger partial charge in [-0.05, 0) is 6.92 Å². The molecule has 0 saturated carbocycles. The van der Waals surface area contributed by atoms with Gasteiger partial charge in [0.2, 0.25) is 5.91 Å². The third-order valence-corrected chi connectivity index (χ3v) is 3.70. The van der Waals surface area contributed by atoms with Crippen LogP contribution in [-0.2, 0) is 9.53 Å². The standard InChI is InChI=1S/C14H18N4O5/c1-10-12(7-11(8-15-10)18(21)22)14(20)17-5-3-16(4-6-17)13(19)9-23-2/h7-8H,3-6,9H2,1-2H3. The summed E-state index contributed by atoms with van der Waals surface area (Å²) in [5.41, 5.74) is 0.446. The molecule has 0 unspecified atom stereocenters. The number of amides is 2. The van der Waals surface area contributed by atoms with Gasteiger partial charge in [0.25, 0.3) is 11.6 Å². The predicted octanol–water partition coefficient (Wildman–Crippen LogP) is 0.229. The lowest BCUT2D eigenvalue weighted by Crippen LogP contribution is -2.51. The number of rotatable bonds is 4. The molecule has 9 heteroatoms. The largest absolute Gasteiger partial charge is 0.375 e. The summed E-state index contributed by atoms with van der Waals surface area (Å²) in [5, 5.41) is 10.8. The number of piperazine rings is 1. The molecule has 2 amide bonds. The van der Waals surface area contributed by atoms with Crippen LogP contribution in [0.1, 0.15) is 16.1 Å². The third-order valence-electron chi connectivity index (χ3n) is 3.70. The van der Waals surface area contributed by atoms with E-state index in [0.717, 1.165) is 6.20 Å². The van der Waals surface area contributed by atoms with Gasteiger partial charge in [-0.15, -0.1) is 0 Å². The Hall–Kier alpha value is -2.55. The summed E-state index contributed by atoms with van der Waals surface area (Å²) < 4.78 is 4.81. The van der Waals surface area contributed by atoms with Crippen molar-refractivity contribution in [2.45, 2.75) is 6.92 Å². The Kier molecular flexibility index (Phi) is 5.22. The second kappa shape index (κ2) is 7.14. The maximum atomic E-state index is 12.5. The number of methoxy groups -OCH3 is 1. The van der Waals surface area contributed by atoms with E-state index < -0.39 is 4.92 Å². The van der Waals surface area contributed by atoms with Crippen molar-refractivity contribution in [1.29, 1.82) is 0 Å². The van der Waals surface area contributed by atoms with Gasteiger partial charge in [0, 0.05) is 39.4 Å². The lowest BCUT2D eigenvalue weighted by Gasteiger charge is -2.34. The number of ether oxygens (including phenoxy) is 1. The average molecular weight is 322 g/mol. The van der Waals surface area contributed by atoms with Crippen LogP contribution in [0.3, 0.4) is 0 Å². The summed E-state index contributed by atoms with van der Waals surface area (Å²) in [4.78, 5) is 41.6. The maximum absolute atomic E-state index is 12.5. The van der Waals surface area contributed by atoms with Crippen LogP contribution in [0.25, 0.3) is 0 Å². The number of carbonyl (C=O) groups is 2. The summed E-state index contributed by atoms with van der Waals surface area (Å²) in [7, 11) is 1.45. The van der Waals surface area contributed by atoms with E-state index in [9.17, 15) is 19.7 Å². The molecule has 2 heterocycles. The fraction of sp³-hybridized carbons (Fsp3) is 0.500. The van der Waals surface area contributed by atoms with E-state index in [0.29, 0.717) is 31.9 Å². The number of aryl methyl sites for hydroxylation is 1. The van der Waals surface area contributed by atoms with Crippen LogP contribution in [0.5, 0.6) is 0 Å². The van der Waals surface area contributed by atoms with Gasteiger partial charge in [-0.25, -0.2) is 0 Å². The van der Waals surface area contributed by atoms with E-state index in [2.05, 4.69) is 4.98 Å². The molecule has 124 valence electrons. The van der Waals surface area contributed by atoms with Crippen molar-refractivity contribution in [3.63, 3.8) is 0 Å². The molecule has 0 N–H and O–H groups in total. The zero-order chi connectivity index (χ0) is 17.0. The Bertz CT molecular complexity index is 626. The number of hydrogen-bond donors (Lipinski definition) is 0. The Morgan fingerprint density at radius 3 is 2.48 bits per heavy atom. The molecule has 1 aromatic rings. The molecule has 9 nitrogen and oxygen atoms in total. The van der Waals surface area contributed by atoms with Crippen molar-refractivity contribution in [2.75, 3.05) is 39.9 Å². The number of aromatic nitrogens is 1. The summed E-state index contributed by atoms with van der Waals surface area (Å²) in [6.07, 6.45) is 1.13. The van der Waals surface area contributed by atoms with Gasteiger partial charge in [0.15, 0.2) is 0 Å². The molecule has 0 spiro atoms. The molecule has 1 aliphatic heterocycles. The number of nitrogens with zero attached hydrogens (tertiary/aromatic N) is 4. The average Bonchev–Trinajstić information content (AvgIpc) is 2.55. The highest BCUT2D eigenvalue weighted by Crippen LogP contribution is 2.17. The van der Waals surface area contributed by atoms with Crippen LogP contribution in [-0.4, -0.2) is 71.4 Å². The molecule has 1 aromatic heterocycles. The number of hydrogen-bond acceptors (Lipinski definition) is 6. The van der Waals surface area contributed by atoms with E-state index in [4.69, 9.17) is 4.74 Å². The highest BCUT2D eigenvalue weighted by Gasteiger charge is 2.26. The van der Waals surface area contributed by atoms with Gasteiger partial charge in [0.05, 0.1) is 16.2 Å². The van der Waals surface area contributed by atoms with Crippen molar-refractivity contribution >= 4 is 17.5 Å². The SMILES string of the molecule is COCC(=O)N1CCN(C(=O)c2cc([N+](=O)[O-])cnc2C)CC1. The Morgan fingerprint density at radius 1 is 1.30 bits per heavy atom. The van der Waals surface area contributed by atoms with E-state index >= 15 is 0 Å². The molecule has 0 radical (unpaired) electrons. The van der Waals surface area contributed by atoms with Gasteiger partial charge in [-0.1, -0.05) is 0 Å². The monoisotopic (exact) mass is 322 g/mol. The summed E-state index contributed by atoms with van der Waals surface area (Å²) in [6.45, 7) is 3.22. The lowest BCUT2D eigenvalue weighted by molar-refractivity contribution is -0.385. The lowest BCUT2D eigenvalue weighted by atomic mass is 10.1. The van der Waals surface area contributed by atoms with Gasteiger partial charge < -0.3 is 14.5 Å². The van der Waals surface area contributed by atoms with Crippen molar-refractivity contribution in [1.82, 2.24) is 14.8 Å².